The number of anilines is 2. The first kappa shape index (κ1) is 14.2. The molecule has 8 heteroatoms. The second-order valence-electron chi connectivity index (χ2n) is 3.98. The van der Waals surface area contributed by atoms with Gasteiger partial charge in [0.2, 0.25) is 5.91 Å². The summed E-state index contributed by atoms with van der Waals surface area (Å²) in [5.74, 6) is -0.737. The Hall–Kier alpha value is -1.83. The lowest BCUT2D eigenvalue weighted by atomic mass is 10.3. The number of hydrogen-bond donors (Lipinski definition) is 3. The largest absolute Gasteiger partial charge is 0.382 e. The first-order valence-corrected chi connectivity index (χ1v) is 6.21. The summed E-state index contributed by atoms with van der Waals surface area (Å²) in [5, 5.41) is 3.37. The molecule has 1 aromatic heterocycles. The highest BCUT2D eigenvalue weighted by molar-refractivity contribution is 7.18. The predicted octanol–water partition coefficient (Wildman–Crippen LogP) is 0.103. The van der Waals surface area contributed by atoms with Crippen molar-refractivity contribution in [2.75, 3.05) is 24.6 Å². The number of amides is 2. The van der Waals surface area contributed by atoms with Crippen molar-refractivity contribution in [3.63, 3.8) is 0 Å². The van der Waals surface area contributed by atoms with Gasteiger partial charge in [0, 0.05) is 13.1 Å². The SMILES string of the molecule is CNc1nc(N)c(C(=O)N(CC(N)=O)C(C)C)s1. The maximum Gasteiger partial charge on any atom is 0.268 e. The zero-order valence-corrected chi connectivity index (χ0v) is 11.4. The number of rotatable bonds is 5. The molecule has 1 rings (SSSR count). The zero-order valence-electron chi connectivity index (χ0n) is 10.6. The molecule has 2 amide bonds. The van der Waals surface area contributed by atoms with Gasteiger partial charge in [-0.25, -0.2) is 4.98 Å². The van der Waals surface area contributed by atoms with E-state index in [4.69, 9.17) is 11.5 Å². The van der Waals surface area contributed by atoms with Crippen molar-refractivity contribution in [2.24, 2.45) is 5.73 Å². The summed E-state index contributed by atoms with van der Waals surface area (Å²) in [5.41, 5.74) is 10.8. The highest BCUT2D eigenvalue weighted by Gasteiger charge is 2.25. The summed E-state index contributed by atoms with van der Waals surface area (Å²) in [7, 11) is 1.69. The third-order valence-corrected chi connectivity index (χ3v) is 3.35. The Morgan fingerprint density at radius 1 is 1.50 bits per heavy atom. The van der Waals surface area contributed by atoms with Gasteiger partial charge in [-0.3, -0.25) is 9.59 Å². The Morgan fingerprint density at radius 3 is 2.50 bits per heavy atom. The monoisotopic (exact) mass is 271 g/mol. The summed E-state index contributed by atoms with van der Waals surface area (Å²) in [6.07, 6.45) is 0. The first-order chi connectivity index (χ1) is 8.36. The number of aromatic nitrogens is 1. The molecule has 0 unspecified atom stereocenters. The molecule has 0 fully saturated rings. The summed E-state index contributed by atoms with van der Waals surface area (Å²) in [4.78, 5) is 28.9. The van der Waals surface area contributed by atoms with Crippen molar-refractivity contribution < 1.29 is 9.59 Å². The minimum Gasteiger partial charge on any atom is -0.382 e. The lowest BCUT2D eigenvalue weighted by molar-refractivity contribution is -0.119. The summed E-state index contributed by atoms with van der Waals surface area (Å²) >= 11 is 1.15. The molecule has 0 aliphatic heterocycles. The van der Waals surface area contributed by atoms with E-state index in [1.54, 1.807) is 20.9 Å². The van der Waals surface area contributed by atoms with E-state index in [0.29, 0.717) is 10.0 Å². The minimum atomic E-state index is -0.561. The van der Waals surface area contributed by atoms with Crippen molar-refractivity contribution in [3.05, 3.63) is 4.88 Å². The van der Waals surface area contributed by atoms with Gasteiger partial charge in [-0.1, -0.05) is 11.3 Å². The Bertz CT molecular complexity index is 457. The minimum absolute atomic E-state index is 0.136. The molecule has 0 radical (unpaired) electrons. The Balaban J connectivity index is 3.01. The van der Waals surface area contributed by atoms with Gasteiger partial charge < -0.3 is 21.7 Å². The van der Waals surface area contributed by atoms with Crippen LogP contribution in [-0.2, 0) is 4.79 Å². The quantitative estimate of drug-likeness (QED) is 0.703. The maximum absolute atomic E-state index is 12.3. The van der Waals surface area contributed by atoms with Crippen LogP contribution < -0.4 is 16.8 Å². The third-order valence-electron chi connectivity index (χ3n) is 2.27. The molecule has 1 heterocycles. The lowest BCUT2D eigenvalue weighted by Crippen LogP contribution is -2.42. The number of thiazole rings is 1. The average molecular weight is 271 g/mol. The number of nitrogens with two attached hydrogens (primary N) is 2. The van der Waals surface area contributed by atoms with Gasteiger partial charge in [-0.05, 0) is 13.8 Å². The number of nitrogens with zero attached hydrogens (tertiary/aromatic N) is 2. The van der Waals surface area contributed by atoms with Crippen LogP contribution in [0.5, 0.6) is 0 Å². The van der Waals surface area contributed by atoms with E-state index in [9.17, 15) is 9.59 Å². The fourth-order valence-corrected chi connectivity index (χ4v) is 2.17. The molecule has 0 atom stereocenters. The molecule has 5 N–H and O–H groups in total. The highest BCUT2D eigenvalue weighted by atomic mass is 32.1. The summed E-state index contributed by atoms with van der Waals surface area (Å²) in [6, 6.07) is -0.149. The number of carbonyl (C=O) groups excluding carboxylic acids is 2. The van der Waals surface area contributed by atoms with E-state index in [1.165, 1.54) is 4.90 Å². The third kappa shape index (κ3) is 3.10. The molecule has 7 nitrogen and oxygen atoms in total. The summed E-state index contributed by atoms with van der Waals surface area (Å²) < 4.78 is 0. The van der Waals surface area contributed by atoms with Crippen LogP contribution in [0.15, 0.2) is 0 Å². The summed E-state index contributed by atoms with van der Waals surface area (Å²) in [6.45, 7) is 3.47. The van der Waals surface area contributed by atoms with Gasteiger partial charge in [0.05, 0.1) is 6.54 Å². The van der Waals surface area contributed by atoms with Crippen LogP contribution in [0.25, 0.3) is 0 Å². The van der Waals surface area contributed by atoms with Crippen molar-refractivity contribution in [3.8, 4) is 0 Å². The second kappa shape index (κ2) is 5.67. The second-order valence-corrected chi connectivity index (χ2v) is 4.98. The number of nitrogen functional groups attached to an aromatic ring is 1. The lowest BCUT2D eigenvalue weighted by Gasteiger charge is -2.24. The molecule has 100 valence electrons. The highest BCUT2D eigenvalue weighted by Crippen LogP contribution is 2.26. The van der Waals surface area contributed by atoms with Crippen LogP contribution in [-0.4, -0.2) is 41.3 Å². The van der Waals surface area contributed by atoms with Crippen molar-refractivity contribution in [1.82, 2.24) is 9.88 Å². The molecule has 0 saturated heterocycles. The van der Waals surface area contributed by atoms with Crippen molar-refractivity contribution in [2.45, 2.75) is 19.9 Å². The van der Waals surface area contributed by atoms with Gasteiger partial charge >= 0.3 is 0 Å². The van der Waals surface area contributed by atoms with Gasteiger partial charge in [0.1, 0.15) is 10.7 Å². The van der Waals surface area contributed by atoms with Gasteiger partial charge in [-0.2, -0.15) is 0 Å². The Morgan fingerprint density at radius 2 is 2.11 bits per heavy atom. The van der Waals surface area contributed by atoms with E-state index < -0.39 is 5.91 Å². The van der Waals surface area contributed by atoms with Crippen molar-refractivity contribution in [1.29, 1.82) is 0 Å². The number of primary amides is 1. The average Bonchev–Trinajstić information content (AvgIpc) is 2.66. The molecule has 0 bridgehead atoms. The predicted molar refractivity (Wildman–Crippen MR) is 71.4 cm³/mol. The fourth-order valence-electron chi connectivity index (χ4n) is 1.38. The van der Waals surface area contributed by atoms with E-state index >= 15 is 0 Å². The molecule has 0 aliphatic rings. The van der Waals surface area contributed by atoms with E-state index in [-0.39, 0.29) is 24.3 Å². The number of hydrogen-bond acceptors (Lipinski definition) is 6. The maximum atomic E-state index is 12.3. The molecular weight excluding hydrogens is 254 g/mol. The van der Waals surface area contributed by atoms with Gasteiger partial charge in [0.25, 0.3) is 5.91 Å². The molecule has 0 saturated carbocycles. The molecule has 1 aromatic rings. The molecule has 18 heavy (non-hydrogen) atoms. The Kier molecular flexibility index (Phi) is 4.49. The fraction of sp³-hybridized carbons (Fsp3) is 0.500. The van der Waals surface area contributed by atoms with E-state index in [2.05, 4.69) is 10.3 Å². The van der Waals surface area contributed by atoms with Crippen LogP contribution >= 0.6 is 11.3 Å². The van der Waals surface area contributed by atoms with Gasteiger partial charge in [-0.15, -0.1) is 0 Å². The number of carbonyl (C=O) groups is 2. The Labute approximate surface area is 109 Å². The topological polar surface area (TPSA) is 114 Å². The molecule has 0 spiro atoms. The molecule has 0 aliphatic carbocycles. The molecular formula is C10H17N5O2S. The van der Waals surface area contributed by atoms with Gasteiger partial charge in [0.15, 0.2) is 5.13 Å². The van der Waals surface area contributed by atoms with Crippen molar-refractivity contribution >= 4 is 34.1 Å². The van der Waals surface area contributed by atoms with Crippen LogP contribution in [0, 0.1) is 0 Å². The molecule has 0 aromatic carbocycles. The van der Waals surface area contributed by atoms with Crippen LogP contribution in [0.3, 0.4) is 0 Å². The number of nitrogens with one attached hydrogen (secondary N) is 1. The van der Waals surface area contributed by atoms with Crippen LogP contribution in [0.2, 0.25) is 0 Å². The van der Waals surface area contributed by atoms with Crippen LogP contribution in [0.4, 0.5) is 10.9 Å². The van der Waals surface area contributed by atoms with E-state index in [1.807, 2.05) is 0 Å². The standard InChI is InChI=1S/C10H17N5O2S/c1-5(2)15(4-6(11)16)9(17)7-8(12)14-10(13-3)18-7/h5H,4,12H2,1-3H3,(H2,11,16)(H,13,14). The van der Waals surface area contributed by atoms with Crippen LogP contribution in [0.1, 0.15) is 23.5 Å². The first-order valence-electron chi connectivity index (χ1n) is 5.40. The smallest absolute Gasteiger partial charge is 0.268 e. The normalized spacial score (nSPS) is 10.4. The van der Waals surface area contributed by atoms with E-state index in [0.717, 1.165) is 11.3 Å². The zero-order chi connectivity index (χ0) is 13.9.